The van der Waals surface area contributed by atoms with E-state index in [2.05, 4.69) is 10.2 Å². The van der Waals surface area contributed by atoms with Gasteiger partial charge in [0.25, 0.3) is 0 Å². The summed E-state index contributed by atoms with van der Waals surface area (Å²) in [4.78, 5) is 37.6. The van der Waals surface area contributed by atoms with Gasteiger partial charge in [0.05, 0.1) is 0 Å². The Hall–Kier alpha value is -1.91. The summed E-state index contributed by atoms with van der Waals surface area (Å²) in [6.45, 7) is 3.25. The Balaban J connectivity index is 2.95. The molecule has 1 atom stereocenters. The summed E-state index contributed by atoms with van der Waals surface area (Å²) in [7, 11) is 0. The van der Waals surface area contributed by atoms with Crippen LogP contribution < -0.4 is 0 Å². The number of hydrogen-bond acceptors (Lipinski definition) is 5. The first-order chi connectivity index (χ1) is 7.57. The third-order valence-electron chi connectivity index (χ3n) is 2.16. The summed E-state index contributed by atoms with van der Waals surface area (Å²) >= 11 is 0. The first-order valence-corrected chi connectivity index (χ1v) is 4.88. The van der Waals surface area contributed by atoms with Crippen LogP contribution in [0.2, 0.25) is 0 Å². The van der Waals surface area contributed by atoms with E-state index in [1.807, 2.05) is 0 Å². The van der Waals surface area contributed by atoms with Crippen molar-refractivity contribution in [2.24, 2.45) is 11.1 Å². The van der Waals surface area contributed by atoms with E-state index >= 15 is 0 Å². The van der Waals surface area contributed by atoms with Crippen molar-refractivity contribution in [3.63, 3.8) is 0 Å². The van der Waals surface area contributed by atoms with Crippen LogP contribution in [0.5, 0.6) is 0 Å². The van der Waals surface area contributed by atoms with E-state index in [9.17, 15) is 14.5 Å². The van der Waals surface area contributed by atoms with Crippen LogP contribution in [0.15, 0.2) is 29.7 Å². The van der Waals surface area contributed by atoms with Crippen molar-refractivity contribution < 1.29 is 9.59 Å². The lowest BCUT2D eigenvalue weighted by Crippen LogP contribution is -2.31. The number of nitrogens with zero attached hydrogens (tertiary/aromatic N) is 2. The molecule has 5 nitrogen and oxygen atoms in total. The Morgan fingerprint density at radius 3 is 2.25 bits per heavy atom. The molecular formula is C11H12N2O3. The van der Waals surface area contributed by atoms with Gasteiger partial charge in [0, 0.05) is 23.9 Å². The zero-order valence-electron chi connectivity index (χ0n) is 9.08. The normalized spacial score (nSPS) is 12.2. The summed E-state index contributed by atoms with van der Waals surface area (Å²) in [5, 5.41) is 2.62. The van der Waals surface area contributed by atoms with Gasteiger partial charge in [-0.2, -0.15) is 0 Å². The number of Topliss-reactive ketones (excluding diaryl/α,β-unsaturated/α-hetero) is 2. The third kappa shape index (κ3) is 2.56. The minimum Gasteiger partial charge on any atom is -0.296 e. The van der Waals surface area contributed by atoms with Crippen LogP contribution in [0, 0.1) is 10.8 Å². The molecule has 1 rings (SSSR count). The predicted molar refractivity (Wildman–Crippen MR) is 58.0 cm³/mol. The Bertz CT molecular complexity index is 401. The lowest BCUT2D eigenvalue weighted by molar-refractivity contribution is -0.122. The second-order valence-electron chi connectivity index (χ2n) is 3.67. The van der Waals surface area contributed by atoms with E-state index in [0.717, 1.165) is 0 Å². The highest BCUT2D eigenvalue weighted by Crippen LogP contribution is 2.10. The molecule has 5 heteroatoms. The van der Waals surface area contributed by atoms with Crippen molar-refractivity contribution in [3.8, 4) is 0 Å². The highest BCUT2D eigenvalue weighted by atomic mass is 16.3. The molecule has 0 bridgehead atoms. The second-order valence-corrected chi connectivity index (χ2v) is 3.67. The van der Waals surface area contributed by atoms with Crippen molar-refractivity contribution >= 4 is 11.6 Å². The van der Waals surface area contributed by atoms with Gasteiger partial charge >= 0.3 is 0 Å². The van der Waals surface area contributed by atoms with E-state index in [-0.39, 0.29) is 5.56 Å². The van der Waals surface area contributed by atoms with Gasteiger partial charge in [-0.05, 0) is 12.1 Å². The first-order valence-electron chi connectivity index (χ1n) is 4.88. The van der Waals surface area contributed by atoms with Crippen molar-refractivity contribution in [2.75, 3.05) is 0 Å². The number of nitroso groups, excluding NO2 is 1. The maximum atomic E-state index is 11.8. The first kappa shape index (κ1) is 12.2. The molecule has 1 unspecified atom stereocenters. The SMILES string of the molecule is CC(C)C(=O)C(N=O)C(=O)c1ccncc1. The van der Waals surface area contributed by atoms with E-state index in [1.165, 1.54) is 24.5 Å². The molecule has 0 aliphatic rings. The van der Waals surface area contributed by atoms with E-state index in [1.54, 1.807) is 13.8 Å². The zero-order chi connectivity index (χ0) is 12.1. The van der Waals surface area contributed by atoms with Crippen LogP contribution in [0.25, 0.3) is 0 Å². The van der Waals surface area contributed by atoms with Crippen molar-refractivity contribution in [1.82, 2.24) is 4.98 Å². The lowest BCUT2D eigenvalue weighted by Gasteiger charge is -2.09. The summed E-state index contributed by atoms with van der Waals surface area (Å²) in [6, 6.07) is 1.46. The summed E-state index contributed by atoms with van der Waals surface area (Å²) < 4.78 is 0. The molecule has 0 saturated carbocycles. The van der Waals surface area contributed by atoms with Crippen LogP contribution in [-0.4, -0.2) is 22.6 Å². The number of carbonyl (C=O) groups excluding carboxylic acids is 2. The maximum Gasteiger partial charge on any atom is 0.213 e. The fourth-order valence-corrected chi connectivity index (χ4v) is 1.22. The monoisotopic (exact) mass is 220 g/mol. The van der Waals surface area contributed by atoms with Crippen LogP contribution in [0.4, 0.5) is 0 Å². The smallest absolute Gasteiger partial charge is 0.213 e. The molecule has 0 aromatic carbocycles. The number of hydrogen-bond donors (Lipinski definition) is 0. The maximum absolute atomic E-state index is 11.8. The Labute approximate surface area is 92.9 Å². The number of carbonyl (C=O) groups is 2. The highest BCUT2D eigenvalue weighted by Gasteiger charge is 2.30. The molecule has 16 heavy (non-hydrogen) atoms. The quantitative estimate of drug-likeness (QED) is 0.429. The van der Waals surface area contributed by atoms with Gasteiger partial charge in [-0.3, -0.25) is 14.6 Å². The molecular weight excluding hydrogens is 208 g/mol. The molecule has 0 radical (unpaired) electrons. The standard InChI is InChI=1S/C11H12N2O3/c1-7(2)10(14)9(13-16)11(15)8-3-5-12-6-4-8/h3-7,9H,1-2H3. The lowest BCUT2D eigenvalue weighted by atomic mass is 9.96. The molecule has 84 valence electrons. The molecule has 0 amide bonds. The predicted octanol–water partition coefficient (Wildman–Crippen LogP) is 1.62. The Morgan fingerprint density at radius 1 is 1.25 bits per heavy atom. The van der Waals surface area contributed by atoms with Crippen LogP contribution in [0.3, 0.4) is 0 Å². The largest absolute Gasteiger partial charge is 0.296 e. The molecule has 1 aromatic rings. The topological polar surface area (TPSA) is 76.5 Å². The average Bonchev–Trinajstić information content (AvgIpc) is 2.30. The van der Waals surface area contributed by atoms with Gasteiger partial charge in [0.1, 0.15) is 0 Å². The number of ketones is 2. The average molecular weight is 220 g/mol. The number of pyridine rings is 1. The van der Waals surface area contributed by atoms with Gasteiger partial charge < -0.3 is 0 Å². The third-order valence-corrected chi connectivity index (χ3v) is 2.16. The van der Waals surface area contributed by atoms with Gasteiger partial charge in [0.15, 0.2) is 11.6 Å². The number of rotatable bonds is 5. The Kier molecular flexibility index (Phi) is 3.99. The van der Waals surface area contributed by atoms with Gasteiger partial charge in [-0.25, -0.2) is 0 Å². The summed E-state index contributed by atoms with van der Waals surface area (Å²) in [6.07, 6.45) is 2.85. The molecule has 0 N–H and O–H groups in total. The molecule has 0 aliphatic carbocycles. The zero-order valence-corrected chi connectivity index (χ0v) is 9.08. The fourth-order valence-electron chi connectivity index (χ4n) is 1.22. The van der Waals surface area contributed by atoms with E-state index in [4.69, 9.17) is 0 Å². The minimum absolute atomic E-state index is 0.272. The molecule has 0 fully saturated rings. The van der Waals surface area contributed by atoms with Crippen LogP contribution in [0.1, 0.15) is 24.2 Å². The van der Waals surface area contributed by atoms with Gasteiger partial charge in [-0.1, -0.05) is 19.0 Å². The molecule has 0 saturated heterocycles. The summed E-state index contributed by atoms with van der Waals surface area (Å²) in [5.41, 5.74) is 0.272. The van der Waals surface area contributed by atoms with E-state index in [0.29, 0.717) is 0 Å². The van der Waals surface area contributed by atoms with E-state index < -0.39 is 23.5 Å². The minimum atomic E-state index is -1.44. The van der Waals surface area contributed by atoms with Gasteiger partial charge in [-0.15, -0.1) is 4.91 Å². The van der Waals surface area contributed by atoms with Crippen molar-refractivity contribution in [1.29, 1.82) is 0 Å². The van der Waals surface area contributed by atoms with Crippen molar-refractivity contribution in [3.05, 3.63) is 35.0 Å². The van der Waals surface area contributed by atoms with Gasteiger partial charge in [0.2, 0.25) is 6.04 Å². The highest BCUT2D eigenvalue weighted by molar-refractivity contribution is 6.14. The Morgan fingerprint density at radius 2 is 1.81 bits per heavy atom. The molecule has 0 spiro atoms. The molecule has 1 aromatic heterocycles. The fraction of sp³-hybridized carbons (Fsp3) is 0.364. The molecule has 1 heterocycles. The summed E-state index contributed by atoms with van der Waals surface area (Å²) in [5.74, 6) is -1.43. The van der Waals surface area contributed by atoms with Crippen molar-refractivity contribution in [2.45, 2.75) is 19.9 Å². The molecule has 0 aliphatic heterocycles. The van der Waals surface area contributed by atoms with Crippen LogP contribution >= 0.6 is 0 Å². The number of aromatic nitrogens is 1. The van der Waals surface area contributed by atoms with Crippen LogP contribution in [-0.2, 0) is 4.79 Å². The second kappa shape index (κ2) is 5.25.